The lowest BCUT2D eigenvalue weighted by atomic mass is 10.2. The molecule has 86 valence electrons. The van der Waals surface area contributed by atoms with Gasteiger partial charge in [0, 0.05) is 12.2 Å². The molecule has 16 heavy (non-hydrogen) atoms. The van der Waals surface area contributed by atoms with E-state index in [1.807, 2.05) is 12.1 Å². The summed E-state index contributed by atoms with van der Waals surface area (Å²) in [6.07, 6.45) is 2.68. The lowest BCUT2D eigenvalue weighted by molar-refractivity contribution is 0.532. The van der Waals surface area contributed by atoms with Gasteiger partial charge in [0.2, 0.25) is 0 Å². The van der Waals surface area contributed by atoms with Crippen LogP contribution in [0.2, 0.25) is 0 Å². The molecule has 0 saturated heterocycles. The molecule has 4 nitrogen and oxygen atoms in total. The second-order valence-electron chi connectivity index (χ2n) is 4.29. The summed E-state index contributed by atoms with van der Waals surface area (Å²) >= 11 is 0. The van der Waals surface area contributed by atoms with E-state index in [1.165, 1.54) is 0 Å². The quantitative estimate of drug-likeness (QED) is 0.860. The Kier molecular flexibility index (Phi) is 2.92. The molecule has 0 aliphatic heterocycles. The van der Waals surface area contributed by atoms with E-state index in [9.17, 15) is 0 Å². The highest BCUT2D eigenvalue weighted by Crippen LogP contribution is 2.23. The maximum Gasteiger partial charge on any atom is 0.160 e. The predicted molar refractivity (Wildman–Crippen MR) is 65.1 cm³/mol. The Balaban J connectivity index is 2.68. The monoisotopic (exact) mass is 218 g/mol. The van der Waals surface area contributed by atoms with Gasteiger partial charge in [-0.2, -0.15) is 0 Å². The molecule has 2 rings (SSSR count). The van der Waals surface area contributed by atoms with Crippen molar-refractivity contribution in [1.29, 1.82) is 0 Å². The average molecular weight is 218 g/mol. The number of hydrogen-bond donors (Lipinski definition) is 1. The van der Waals surface area contributed by atoms with Crippen LogP contribution in [0.25, 0.3) is 11.2 Å². The van der Waals surface area contributed by atoms with E-state index in [0.717, 1.165) is 23.4 Å². The van der Waals surface area contributed by atoms with Gasteiger partial charge >= 0.3 is 0 Å². The van der Waals surface area contributed by atoms with Crippen molar-refractivity contribution in [3.8, 4) is 0 Å². The summed E-state index contributed by atoms with van der Waals surface area (Å²) in [6, 6.07) is 4.19. The Morgan fingerprint density at radius 1 is 1.44 bits per heavy atom. The summed E-state index contributed by atoms with van der Waals surface area (Å²) in [5.74, 6) is 0.936. The lowest BCUT2D eigenvalue weighted by Gasteiger charge is -2.15. The summed E-state index contributed by atoms with van der Waals surface area (Å²) in [6.45, 7) is 6.32. The minimum atomic E-state index is -0.0170. The highest BCUT2D eigenvalue weighted by Gasteiger charge is 2.17. The van der Waals surface area contributed by atoms with Gasteiger partial charge in [-0.3, -0.25) is 0 Å². The molecule has 1 atom stereocenters. The molecule has 0 aliphatic rings. The van der Waals surface area contributed by atoms with Crippen LogP contribution in [0, 0.1) is 0 Å². The second-order valence-corrected chi connectivity index (χ2v) is 4.29. The molecule has 0 aliphatic carbocycles. The molecular formula is C12H18N4. The average Bonchev–Trinajstić information content (AvgIpc) is 2.67. The van der Waals surface area contributed by atoms with Crippen LogP contribution >= 0.6 is 0 Å². The molecule has 2 aromatic rings. The number of rotatable bonds is 3. The van der Waals surface area contributed by atoms with Crippen molar-refractivity contribution in [2.24, 2.45) is 5.73 Å². The first-order chi connectivity index (χ1) is 7.65. The van der Waals surface area contributed by atoms with Gasteiger partial charge in [-0.05, 0) is 32.4 Å². The van der Waals surface area contributed by atoms with Crippen molar-refractivity contribution in [2.75, 3.05) is 0 Å². The molecule has 0 bridgehead atoms. The van der Waals surface area contributed by atoms with Gasteiger partial charge in [-0.15, -0.1) is 0 Å². The van der Waals surface area contributed by atoms with Crippen LogP contribution in [0.15, 0.2) is 18.3 Å². The van der Waals surface area contributed by atoms with Crippen LogP contribution < -0.4 is 5.73 Å². The van der Waals surface area contributed by atoms with E-state index in [0.29, 0.717) is 6.04 Å². The zero-order valence-electron chi connectivity index (χ0n) is 10.0. The second kappa shape index (κ2) is 4.22. The third kappa shape index (κ3) is 1.69. The van der Waals surface area contributed by atoms with E-state index in [2.05, 4.69) is 35.3 Å². The Labute approximate surface area is 95.5 Å². The minimum Gasteiger partial charge on any atom is -0.321 e. The van der Waals surface area contributed by atoms with Crippen LogP contribution in [0.4, 0.5) is 0 Å². The Morgan fingerprint density at radius 2 is 2.19 bits per heavy atom. The van der Waals surface area contributed by atoms with E-state index in [1.54, 1.807) is 6.20 Å². The Hall–Kier alpha value is -1.42. The zero-order chi connectivity index (χ0) is 11.7. The summed E-state index contributed by atoms with van der Waals surface area (Å²) in [5.41, 5.74) is 7.94. The predicted octanol–water partition coefficient (Wildman–Crippen LogP) is 2.42. The van der Waals surface area contributed by atoms with E-state index in [-0.39, 0.29) is 6.04 Å². The maximum atomic E-state index is 6.09. The number of imidazole rings is 1. The SMILES string of the molecule is CCC(N)c1nc2cccnc2n1C(C)C. The van der Waals surface area contributed by atoms with Gasteiger partial charge in [0.05, 0.1) is 6.04 Å². The molecule has 0 amide bonds. The van der Waals surface area contributed by atoms with Crippen molar-refractivity contribution >= 4 is 11.2 Å². The molecule has 0 aromatic carbocycles. The van der Waals surface area contributed by atoms with Gasteiger partial charge in [0.1, 0.15) is 11.3 Å². The fourth-order valence-corrected chi connectivity index (χ4v) is 1.90. The molecule has 2 heterocycles. The van der Waals surface area contributed by atoms with Gasteiger partial charge in [0.15, 0.2) is 5.65 Å². The summed E-state index contributed by atoms with van der Waals surface area (Å²) in [5, 5.41) is 0. The van der Waals surface area contributed by atoms with Crippen LogP contribution in [0.1, 0.15) is 45.1 Å². The topological polar surface area (TPSA) is 56.7 Å². The van der Waals surface area contributed by atoms with Gasteiger partial charge in [0.25, 0.3) is 0 Å². The molecule has 0 saturated carbocycles. The molecule has 0 fully saturated rings. The maximum absolute atomic E-state index is 6.09. The highest BCUT2D eigenvalue weighted by molar-refractivity contribution is 5.71. The Bertz CT molecular complexity index is 487. The van der Waals surface area contributed by atoms with Crippen molar-refractivity contribution in [3.63, 3.8) is 0 Å². The van der Waals surface area contributed by atoms with Crippen LogP contribution in [-0.4, -0.2) is 14.5 Å². The van der Waals surface area contributed by atoms with E-state index >= 15 is 0 Å². The number of hydrogen-bond acceptors (Lipinski definition) is 3. The van der Waals surface area contributed by atoms with Crippen LogP contribution in [0.3, 0.4) is 0 Å². The largest absolute Gasteiger partial charge is 0.321 e. The first-order valence-corrected chi connectivity index (χ1v) is 5.73. The number of nitrogens with zero attached hydrogens (tertiary/aromatic N) is 3. The molecule has 1 unspecified atom stereocenters. The third-order valence-electron chi connectivity index (χ3n) is 2.76. The fourth-order valence-electron chi connectivity index (χ4n) is 1.90. The number of aromatic nitrogens is 3. The first-order valence-electron chi connectivity index (χ1n) is 5.73. The summed E-state index contributed by atoms with van der Waals surface area (Å²) < 4.78 is 2.13. The molecule has 2 N–H and O–H groups in total. The fraction of sp³-hybridized carbons (Fsp3) is 0.500. The minimum absolute atomic E-state index is 0.0170. The molecular weight excluding hydrogens is 200 g/mol. The van der Waals surface area contributed by atoms with Crippen molar-refractivity contribution in [3.05, 3.63) is 24.2 Å². The van der Waals surface area contributed by atoms with Crippen molar-refractivity contribution in [1.82, 2.24) is 14.5 Å². The van der Waals surface area contributed by atoms with Gasteiger partial charge in [-0.25, -0.2) is 9.97 Å². The van der Waals surface area contributed by atoms with Gasteiger partial charge < -0.3 is 10.3 Å². The van der Waals surface area contributed by atoms with Crippen LogP contribution in [-0.2, 0) is 0 Å². The Morgan fingerprint density at radius 3 is 2.81 bits per heavy atom. The smallest absolute Gasteiger partial charge is 0.160 e. The summed E-state index contributed by atoms with van der Waals surface area (Å²) in [4.78, 5) is 8.96. The summed E-state index contributed by atoms with van der Waals surface area (Å²) in [7, 11) is 0. The normalized spacial score (nSPS) is 13.6. The standard InChI is InChI=1S/C12H18N4/c1-4-9(13)11-15-10-6-5-7-14-12(10)16(11)8(2)3/h5-9H,4,13H2,1-3H3. The van der Waals surface area contributed by atoms with Crippen molar-refractivity contribution < 1.29 is 0 Å². The van der Waals surface area contributed by atoms with E-state index < -0.39 is 0 Å². The molecule has 2 aromatic heterocycles. The molecule has 0 spiro atoms. The van der Waals surface area contributed by atoms with Crippen LogP contribution in [0.5, 0.6) is 0 Å². The first kappa shape index (κ1) is 11.1. The highest BCUT2D eigenvalue weighted by atomic mass is 15.2. The van der Waals surface area contributed by atoms with Gasteiger partial charge in [-0.1, -0.05) is 6.92 Å². The number of nitrogens with two attached hydrogens (primary N) is 1. The third-order valence-corrected chi connectivity index (χ3v) is 2.76. The number of fused-ring (bicyclic) bond motifs is 1. The van der Waals surface area contributed by atoms with E-state index in [4.69, 9.17) is 5.73 Å². The molecule has 0 radical (unpaired) electrons. The van der Waals surface area contributed by atoms with Crippen molar-refractivity contribution in [2.45, 2.75) is 39.3 Å². The lowest BCUT2D eigenvalue weighted by Crippen LogP contribution is -2.17. The molecule has 4 heteroatoms. The zero-order valence-corrected chi connectivity index (χ0v) is 10.0. The number of pyridine rings is 1.